The molecule has 0 saturated carbocycles. The first-order valence-electron chi connectivity index (χ1n) is 10.7. The second kappa shape index (κ2) is 8.67. The summed E-state index contributed by atoms with van der Waals surface area (Å²) in [4.78, 5) is 29.6. The molecule has 0 aromatic heterocycles. The molecule has 1 N–H and O–H groups in total. The maximum absolute atomic E-state index is 13.1. The normalized spacial score (nSPS) is 19.4. The van der Waals surface area contributed by atoms with Gasteiger partial charge in [-0.25, -0.2) is 0 Å². The zero-order chi connectivity index (χ0) is 23.0. The van der Waals surface area contributed by atoms with Crippen LogP contribution in [0.3, 0.4) is 0 Å². The number of carbonyl (C=O) groups is 2. The molecule has 0 spiro atoms. The average molecular weight is 437 g/mol. The van der Waals surface area contributed by atoms with Gasteiger partial charge >= 0.3 is 0 Å². The highest BCUT2D eigenvalue weighted by molar-refractivity contribution is 6.46. The van der Waals surface area contributed by atoms with Gasteiger partial charge in [0.25, 0.3) is 11.7 Å². The molecular formula is C25H28N2O5. The first-order valence-corrected chi connectivity index (χ1v) is 10.7. The van der Waals surface area contributed by atoms with E-state index >= 15 is 0 Å². The van der Waals surface area contributed by atoms with Crippen molar-refractivity contribution in [3.63, 3.8) is 0 Å². The largest absolute Gasteiger partial charge is 0.507 e. The fourth-order valence-electron chi connectivity index (χ4n) is 4.03. The van der Waals surface area contributed by atoms with E-state index in [-0.39, 0.29) is 18.1 Å². The molecule has 7 heteroatoms. The van der Waals surface area contributed by atoms with Crippen molar-refractivity contribution in [2.24, 2.45) is 0 Å². The van der Waals surface area contributed by atoms with Crippen molar-refractivity contribution in [2.45, 2.75) is 25.8 Å². The van der Waals surface area contributed by atoms with Gasteiger partial charge in [0.15, 0.2) is 11.5 Å². The molecular weight excluding hydrogens is 408 g/mol. The Hall–Kier alpha value is -3.32. The number of ketones is 1. The molecule has 2 aliphatic heterocycles. The Bertz CT molecular complexity index is 1070. The van der Waals surface area contributed by atoms with Crippen molar-refractivity contribution in [1.82, 2.24) is 9.80 Å². The van der Waals surface area contributed by atoms with Crippen molar-refractivity contribution in [1.29, 1.82) is 0 Å². The molecule has 1 saturated heterocycles. The third-order valence-electron chi connectivity index (χ3n) is 5.89. The molecule has 1 amide bonds. The van der Waals surface area contributed by atoms with Crippen LogP contribution in [-0.4, -0.2) is 60.6 Å². The van der Waals surface area contributed by atoms with Crippen LogP contribution in [0.15, 0.2) is 48.0 Å². The number of rotatable bonds is 6. The van der Waals surface area contributed by atoms with E-state index in [2.05, 4.69) is 13.8 Å². The van der Waals surface area contributed by atoms with E-state index in [0.29, 0.717) is 36.1 Å². The van der Waals surface area contributed by atoms with Crippen molar-refractivity contribution in [3.8, 4) is 11.5 Å². The van der Waals surface area contributed by atoms with Crippen LogP contribution in [-0.2, 0) is 9.59 Å². The van der Waals surface area contributed by atoms with Gasteiger partial charge in [0.05, 0.1) is 11.6 Å². The summed E-state index contributed by atoms with van der Waals surface area (Å²) in [5.41, 5.74) is 2.44. The van der Waals surface area contributed by atoms with Crippen molar-refractivity contribution in [3.05, 3.63) is 64.7 Å². The smallest absolute Gasteiger partial charge is 0.295 e. The molecule has 32 heavy (non-hydrogen) atoms. The highest BCUT2D eigenvalue weighted by Gasteiger charge is 2.46. The number of likely N-dealkylation sites (N-methyl/N-ethyl adjacent to an activating group) is 1. The lowest BCUT2D eigenvalue weighted by Crippen LogP contribution is -2.35. The van der Waals surface area contributed by atoms with E-state index in [1.54, 1.807) is 23.1 Å². The van der Waals surface area contributed by atoms with Gasteiger partial charge in [-0.3, -0.25) is 9.59 Å². The Balaban J connectivity index is 1.81. The fourth-order valence-corrected chi connectivity index (χ4v) is 4.03. The SMILES string of the molecule is CC(C)c1ccc(C2C(=C(O)c3ccc4c(c3)OCO4)C(=O)C(=O)N2CCN(C)C)cc1. The lowest BCUT2D eigenvalue weighted by Gasteiger charge is -2.27. The summed E-state index contributed by atoms with van der Waals surface area (Å²) in [5.74, 6) is -0.0730. The van der Waals surface area contributed by atoms with Crippen LogP contribution in [0.2, 0.25) is 0 Å². The van der Waals surface area contributed by atoms with Gasteiger partial charge < -0.3 is 24.4 Å². The number of amides is 1. The van der Waals surface area contributed by atoms with Crippen LogP contribution < -0.4 is 9.47 Å². The van der Waals surface area contributed by atoms with Gasteiger partial charge in [-0.15, -0.1) is 0 Å². The molecule has 1 fully saturated rings. The summed E-state index contributed by atoms with van der Waals surface area (Å²) in [6, 6.07) is 12.2. The lowest BCUT2D eigenvalue weighted by molar-refractivity contribution is -0.140. The first kappa shape index (κ1) is 21.9. The highest BCUT2D eigenvalue weighted by atomic mass is 16.7. The molecule has 2 aliphatic rings. The molecule has 0 radical (unpaired) electrons. The monoisotopic (exact) mass is 436 g/mol. The number of benzene rings is 2. The third-order valence-corrected chi connectivity index (χ3v) is 5.89. The predicted octanol–water partition coefficient (Wildman–Crippen LogP) is 3.52. The fraction of sp³-hybridized carbons (Fsp3) is 0.360. The summed E-state index contributed by atoms with van der Waals surface area (Å²) >= 11 is 0. The van der Waals surface area contributed by atoms with Crippen molar-refractivity contribution >= 4 is 17.4 Å². The maximum atomic E-state index is 13.1. The van der Waals surface area contributed by atoms with E-state index in [1.807, 2.05) is 43.3 Å². The van der Waals surface area contributed by atoms with Crippen LogP contribution >= 0.6 is 0 Å². The number of hydrogen-bond donors (Lipinski definition) is 1. The van der Waals surface area contributed by atoms with E-state index in [4.69, 9.17) is 9.47 Å². The van der Waals surface area contributed by atoms with Crippen molar-refractivity contribution in [2.75, 3.05) is 34.0 Å². The Labute approximate surface area is 187 Å². The molecule has 7 nitrogen and oxygen atoms in total. The third kappa shape index (κ3) is 3.96. The van der Waals surface area contributed by atoms with E-state index in [1.165, 1.54) is 0 Å². The van der Waals surface area contributed by atoms with E-state index < -0.39 is 17.7 Å². The molecule has 4 rings (SSSR count). The van der Waals surface area contributed by atoms with Crippen LogP contribution in [0.25, 0.3) is 5.76 Å². The summed E-state index contributed by atoms with van der Waals surface area (Å²) < 4.78 is 10.7. The van der Waals surface area contributed by atoms with Crippen LogP contribution in [0.1, 0.15) is 42.5 Å². The van der Waals surface area contributed by atoms with E-state index in [0.717, 1.165) is 11.1 Å². The second-order valence-corrected chi connectivity index (χ2v) is 8.69. The predicted molar refractivity (Wildman–Crippen MR) is 121 cm³/mol. The Morgan fingerprint density at radius 1 is 1.09 bits per heavy atom. The minimum absolute atomic E-state index is 0.0879. The number of ether oxygens (including phenoxy) is 2. The summed E-state index contributed by atoms with van der Waals surface area (Å²) in [5, 5.41) is 11.2. The summed E-state index contributed by atoms with van der Waals surface area (Å²) in [6.45, 7) is 5.29. The molecule has 1 atom stereocenters. The van der Waals surface area contributed by atoms with Gasteiger partial charge in [0.1, 0.15) is 5.76 Å². The van der Waals surface area contributed by atoms with Crippen LogP contribution in [0, 0.1) is 0 Å². The topological polar surface area (TPSA) is 79.3 Å². The molecule has 168 valence electrons. The number of hydrogen-bond acceptors (Lipinski definition) is 6. The van der Waals surface area contributed by atoms with Gasteiger partial charge in [-0.05, 0) is 49.3 Å². The number of nitrogens with zero attached hydrogens (tertiary/aromatic N) is 2. The molecule has 0 bridgehead atoms. The average Bonchev–Trinajstić information content (AvgIpc) is 3.34. The second-order valence-electron chi connectivity index (χ2n) is 8.69. The quantitative estimate of drug-likeness (QED) is 0.424. The molecule has 1 unspecified atom stereocenters. The van der Waals surface area contributed by atoms with Crippen LogP contribution in [0.5, 0.6) is 11.5 Å². The van der Waals surface area contributed by atoms with Crippen molar-refractivity contribution < 1.29 is 24.2 Å². The Kier molecular flexibility index (Phi) is 5.93. The van der Waals surface area contributed by atoms with E-state index in [9.17, 15) is 14.7 Å². The minimum Gasteiger partial charge on any atom is -0.507 e. The van der Waals surface area contributed by atoms with Gasteiger partial charge in [-0.1, -0.05) is 38.1 Å². The zero-order valence-corrected chi connectivity index (χ0v) is 18.8. The number of aliphatic hydroxyl groups excluding tert-OH is 1. The standard InChI is InChI=1S/C25H28N2O5/c1-15(2)16-5-7-17(8-6-16)22-21(24(29)25(30)27(22)12-11-26(3)4)23(28)18-9-10-19-20(13-18)32-14-31-19/h5-10,13,15,22,28H,11-12,14H2,1-4H3. The molecule has 2 aromatic carbocycles. The maximum Gasteiger partial charge on any atom is 0.295 e. The minimum atomic E-state index is -0.683. The molecule has 2 heterocycles. The van der Waals surface area contributed by atoms with Gasteiger partial charge in [-0.2, -0.15) is 0 Å². The molecule has 2 aromatic rings. The lowest BCUT2D eigenvalue weighted by atomic mass is 9.93. The van der Waals surface area contributed by atoms with Gasteiger partial charge in [0.2, 0.25) is 6.79 Å². The first-order chi connectivity index (χ1) is 15.3. The highest BCUT2D eigenvalue weighted by Crippen LogP contribution is 2.41. The summed E-state index contributed by atoms with van der Waals surface area (Å²) in [6.07, 6.45) is 0. The molecule has 0 aliphatic carbocycles. The Morgan fingerprint density at radius 2 is 1.78 bits per heavy atom. The number of likely N-dealkylation sites (tertiary alicyclic amines) is 1. The van der Waals surface area contributed by atoms with Crippen LogP contribution in [0.4, 0.5) is 0 Å². The number of aliphatic hydroxyl groups is 1. The number of Topliss-reactive ketones (excluding diaryl/α,β-unsaturated/α-hetero) is 1. The Morgan fingerprint density at radius 3 is 2.44 bits per heavy atom. The van der Waals surface area contributed by atoms with Gasteiger partial charge in [0, 0.05) is 18.7 Å². The number of carbonyl (C=O) groups excluding carboxylic acids is 2. The number of fused-ring (bicyclic) bond motifs is 1. The zero-order valence-electron chi connectivity index (χ0n) is 18.8. The summed E-state index contributed by atoms with van der Waals surface area (Å²) in [7, 11) is 3.82.